The van der Waals surface area contributed by atoms with Gasteiger partial charge in [-0.2, -0.15) is 10.4 Å². The van der Waals surface area contributed by atoms with Crippen molar-refractivity contribution in [2.75, 3.05) is 24.5 Å². The summed E-state index contributed by atoms with van der Waals surface area (Å²) in [6, 6.07) is 7.90. The Balaban J connectivity index is 1.66. The molecule has 1 atom stereocenters. The van der Waals surface area contributed by atoms with Crippen LogP contribution < -0.4 is 4.90 Å². The highest BCUT2D eigenvalue weighted by Crippen LogP contribution is 2.33. The summed E-state index contributed by atoms with van der Waals surface area (Å²) in [6.45, 7) is 7.62. The zero-order chi connectivity index (χ0) is 22.3. The van der Waals surface area contributed by atoms with Crippen molar-refractivity contribution < 1.29 is 9.90 Å². The number of nitriles is 1. The lowest BCUT2D eigenvalue weighted by molar-refractivity contribution is 0.0748. The second-order valence-corrected chi connectivity index (χ2v) is 9.61. The molecule has 0 radical (unpaired) electrons. The van der Waals surface area contributed by atoms with Gasteiger partial charge in [-0.05, 0) is 39.0 Å². The van der Waals surface area contributed by atoms with Crippen LogP contribution in [0.25, 0.3) is 16.8 Å². The van der Waals surface area contributed by atoms with E-state index in [-0.39, 0.29) is 11.5 Å². The molecular formula is C22H23BrN6O2. The maximum Gasteiger partial charge on any atom is 0.407 e. The average molecular weight is 483 g/mol. The highest BCUT2D eigenvalue weighted by Gasteiger charge is 2.38. The van der Waals surface area contributed by atoms with Crippen LogP contribution in [0.15, 0.2) is 41.3 Å². The molecule has 1 fully saturated rings. The van der Waals surface area contributed by atoms with Crippen LogP contribution in [0.3, 0.4) is 0 Å². The molecule has 31 heavy (non-hydrogen) atoms. The lowest BCUT2D eigenvalue weighted by atomic mass is 9.84. The molecule has 1 amide bonds. The van der Waals surface area contributed by atoms with Crippen molar-refractivity contribution >= 4 is 33.4 Å². The fourth-order valence-corrected chi connectivity index (χ4v) is 4.42. The Kier molecular flexibility index (Phi) is 5.35. The highest BCUT2D eigenvalue weighted by molar-refractivity contribution is 9.10. The molecule has 9 heteroatoms. The predicted octanol–water partition coefficient (Wildman–Crippen LogP) is 4.25. The summed E-state index contributed by atoms with van der Waals surface area (Å²) in [4.78, 5) is 19.8. The van der Waals surface area contributed by atoms with Gasteiger partial charge in [-0.3, -0.25) is 0 Å². The molecular weight excluding hydrogens is 460 g/mol. The van der Waals surface area contributed by atoms with Crippen molar-refractivity contribution in [2.24, 2.45) is 5.41 Å². The molecule has 1 aromatic carbocycles. The average Bonchev–Trinajstić information content (AvgIpc) is 3.12. The van der Waals surface area contributed by atoms with Gasteiger partial charge in [0.2, 0.25) is 0 Å². The van der Waals surface area contributed by atoms with Crippen molar-refractivity contribution in [2.45, 2.75) is 26.8 Å². The minimum Gasteiger partial charge on any atom is -0.465 e. The van der Waals surface area contributed by atoms with E-state index in [1.807, 2.05) is 45.2 Å². The molecule has 0 bridgehead atoms. The normalized spacial score (nSPS) is 17.1. The summed E-state index contributed by atoms with van der Waals surface area (Å²) in [7, 11) is 0. The number of carbonyl (C=O) groups is 1. The van der Waals surface area contributed by atoms with Gasteiger partial charge in [-0.15, -0.1) is 0 Å². The van der Waals surface area contributed by atoms with E-state index in [1.54, 1.807) is 16.9 Å². The molecule has 1 unspecified atom stereocenters. The topological polar surface area (TPSA) is 97.8 Å². The standard InChI is InChI=1S/C22H23BrN6O2/c1-22(2,3)19-13-27(6-7-28(19)21(30)31)18-5-4-14(8-15(18)9-24)16-10-25-20-17(23)11-26-29(20)12-16/h4-5,8,10-12,19H,6-7,13H2,1-3H3,(H,30,31). The second-order valence-electron chi connectivity index (χ2n) is 8.75. The van der Waals surface area contributed by atoms with E-state index < -0.39 is 6.09 Å². The van der Waals surface area contributed by atoms with Crippen molar-refractivity contribution in [1.82, 2.24) is 19.5 Å². The molecule has 0 saturated carbocycles. The first kappa shape index (κ1) is 21.1. The number of amides is 1. The SMILES string of the molecule is CC(C)(C)C1CN(c2ccc(-c3cnc4c(Br)cnn4c3)cc2C#N)CCN1C(=O)O. The summed E-state index contributed by atoms with van der Waals surface area (Å²) in [6.07, 6.45) is 4.44. The molecule has 160 valence electrons. The molecule has 0 spiro atoms. The number of rotatable bonds is 2. The van der Waals surface area contributed by atoms with E-state index in [0.717, 1.165) is 26.9 Å². The van der Waals surface area contributed by atoms with Gasteiger partial charge >= 0.3 is 6.09 Å². The molecule has 1 aliphatic rings. The molecule has 3 heterocycles. The number of fused-ring (bicyclic) bond motifs is 1. The van der Waals surface area contributed by atoms with Crippen LogP contribution in [0.5, 0.6) is 0 Å². The second kappa shape index (κ2) is 7.85. The van der Waals surface area contributed by atoms with Crippen molar-refractivity contribution in [3.05, 3.63) is 46.8 Å². The van der Waals surface area contributed by atoms with Crippen LogP contribution in [-0.2, 0) is 0 Å². The maximum atomic E-state index is 11.7. The Morgan fingerprint density at radius 1 is 1.26 bits per heavy atom. The van der Waals surface area contributed by atoms with E-state index in [1.165, 1.54) is 4.90 Å². The zero-order valence-corrected chi connectivity index (χ0v) is 19.2. The van der Waals surface area contributed by atoms with Crippen LogP contribution in [0.1, 0.15) is 26.3 Å². The molecule has 4 rings (SSSR count). The van der Waals surface area contributed by atoms with Gasteiger partial charge in [0.05, 0.1) is 28.0 Å². The van der Waals surface area contributed by atoms with Crippen LogP contribution in [-0.4, -0.2) is 56.4 Å². The summed E-state index contributed by atoms with van der Waals surface area (Å²) in [5.74, 6) is 0. The Labute approximate surface area is 188 Å². The molecule has 8 nitrogen and oxygen atoms in total. The van der Waals surface area contributed by atoms with Gasteiger partial charge in [-0.1, -0.05) is 26.8 Å². The van der Waals surface area contributed by atoms with Gasteiger partial charge in [0.1, 0.15) is 6.07 Å². The van der Waals surface area contributed by atoms with E-state index in [9.17, 15) is 15.2 Å². The predicted molar refractivity (Wildman–Crippen MR) is 121 cm³/mol. The zero-order valence-electron chi connectivity index (χ0n) is 17.6. The first-order valence-electron chi connectivity index (χ1n) is 9.97. The summed E-state index contributed by atoms with van der Waals surface area (Å²) >= 11 is 3.42. The van der Waals surface area contributed by atoms with Gasteiger partial charge in [-0.25, -0.2) is 14.3 Å². The van der Waals surface area contributed by atoms with Crippen LogP contribution in [0.4, 0.5) is 10.5 Å². The first-order valence-corrected chi connectivity index (χ1v) is 10.8. The van der Waals surface area contributed by atoms with Crippen LogP contribution in [0.2, 0.25) is 0 Å². The summed E-state index contributed by atoms with van der Waals surface area (Å²) < 4.78 is 2.51. The molecule has 1 aliphatic heterocycles. The Morgan fingerprint density at radius 2 is 2.03 bits per heavy atom. The fraction of sp³-hybridized carbons (Fsp3) is 0.364. The lowest BCUT2D eigenvalue weighted by Gasteiger charge is -2.46. The monoisotopic (exact) mass is 482 g/mol. The first-order chi connectivity index (χ1) is 14.7. The number of hydrogen-bond donors (Lipinski definition) is 1. The summed E-state index contributed by atoms with van der Waals surface area (Å²) in [5, 5.41) is 23.7. The van der Waals surface area contributed by atoms with E-state index in [4.69, 9.17) is 0 Å². The quantitative estimate of drug-likeness (QED) is 0.586. The summed E-state index contributed by atoms with van der Waals surface area (Å²) in [5.41, 5.74) is 3.61. The molecule has 3 aromatic rings. The maximum absolute atomic E-state index is 11.7. The third-order valence-electron chi connectivity index (χ3n) is 5.73. The molecule has 1 saturated heterocycles. The highest BCUT2D eigenvalue weighted by atomic mass is 79.9. The van der Waals surface area contributed by atoms with Gasteiger partial charge in [0.25, 0.3) is 0 Å². The number of piperazine rings is 1. The fourth-order valence-electron chi connectivity index (χ4n) is 4.05. The minimum atomic E-state index is -0.899. The van der Waals surface area contributed by atoms with Crippen LogP contribution >= 0.6 is 15.9 Å². The number of benzene rings is 1. The van der Waals surface area contributed by atoms with Crippen molar-refractivity contribution in [1.29, 1.82) is 5.26 Å². The van der Waals surface area contributed by atoms with Crippen LogP contribution in [0, 0.1) is 16.7 Å². The van der Waals surface area contributed by atoms with E-state index in [2.05, 4.69) is 37.0 Å². The number of anilines is 1. The van der Waals surface area contributed by atoms with Gasteiger partial charge in [0.15, 0.2) is 5.65 Å². The Hall–Kier alpha value is -3.12. The van der Waals surface area contributed by atoms with Crippen molar-refractivity contribution in [3.8, 4) is 17.2 Å². The molecule has 0 aliphatic carbocycles. The number of nitrogens with zero attached hydrogens (tertiary/aromatic N) is 6. The number of carboxylic acid groups (broad SMARTS) is 1. The lowest BCUT2D eigenvalue weighted by Crippen LogP contribution is -2.59. The van der Waals surface area contributed by atoms with Gasteiger partial charge in [0, 0.05) is 37.6 Å². The Bertz CT molecular complexity index is 1190. The third-order valence-corrected chi connectivity index (χ3v) is 6.29. The Morgan fingerprint density at radius 3 is 2.71 bits per heavy atom. The minimum absolute atomic E-state index is 0.171. The number of aromatic nitrogens is 3. The van der Waals surface area contributed by atoms with Crippen molar-refractivity contribution in [3.63, 3.8) is 0 Å². The number of halogens is 1. The largest absolute Gasteiger partial charge is 0.465 e. The molecule has 1 N–H and O–H groups in total. The third kappa shape index (κ3) is 3.95. The molecule has 2 aromatic heterocycles. The smallest absolute Gasteiger partial charge is 0.407 e. The van der Waals surface area contributed by atoms with Gasteiger partial charge < -0.3 is 14.9 Å². The number of hydrogen-bond acceptors (Lipinski definition) is 5. The van der Waals surface area contributed by atoms with E-state index in [0.29, 0.717) is 25.2 Å². The van der Waals surface area contributed by atoms with E-state index >= 15 is 0 Å².